The van der Waals surface area contributed by atoms with Crippen LogP contribution >= 0.6 is 11.3 Å². The van der Waals surface area contributed by atoms with E-state index in [1.807, 2.05) is 10.1 Å². The maximum Gasteiger partial charge on any atom is 0.230 e. The molecule has 8 heteroatoms. The van der Waals surface area contributed by atoms with Gasteiger partial charge >= 0.3 is 0 Å². The van der Waals surface area contributed by atoms with Crippen molar-refractivity contribution in [3.05, 3.63) is 23.5 Å². The Balaban J connectivity index is 1.16. The van der Waals surface area contributed by atoms with Gasteiger partial charge in [0.2, 0.25) is 5.91 Å². The quantitative estimate of drug-likeness (QED) is 0.786. The number of rotatable bonds is 6. The summed E-state index contributed by atoms with van der Waals surface area (Å²) in [6.07, 6.45) is 14.0. The highest BCUT2D eigenvalue weighted by Crippen LogP contribution is 2.37. The van der Waals surface area contributed by atoms with E-state index < -0.39 is 0 Å². The molecule has 4 atom stereocenters. The van der Waals surface area contributed by atoms with Gasteiger partial charge in [-0.2, -0.15) is 0 Å². The molecule has 0 aromatic carbocycles. The minimum absolute atomic E-state index is 0.0708. The Bertz CT molecular complexity index is 815. The summed E-state index contributed by atoms with van der Waals surface area (Å²) >= 11 is 1.48. The van der Waals surface area contributed by atoms with E-state index in [9.17, 15) is 4.79 Å². The van der Waals surface area contributed by atoms with E-state index in [-0.39, 0.29) is 11.8 Å². The van der Waals surface area contributed by atoms with Crippen LogP contribution in [0.1, 0.15) is 50.6 Å². The van der Waals surface area contributed by atoms with E-state index in [4.69, 9.17) is 0 Å². The molecule has 1 N–H and O–H groups in total. The first-order valence-corrected chi connectivity index (χ1v) is 12.0. The molecule has 6 rings (SSSR count). The summed E-state index contributed by atoms with van der Waals surface area (Å²) in [5.74, 6) is 1.45. The molecule has 5 heterocycles. The first-order valence-electron chi connectivity index (χ1n) is 11.1. The van der Waals surface area contributed by atoms with Gasteiger partial charge in [0, 0.05) is 30.4 Å². The van der Waals surface area contributed by atoms with Crippen LogP contribution in [0, 0.1) is 17.8 Å². The second-order valence-electron chi connectivity index (χ2n) is 9.01. The molecule has 2 aromatic heterocycles. The highest BCUT2D eigenvalue weighted by Gasteiger charge is 2.43. The monoisotopic (exact) mass is 414 g/mol. The molecule has 0 spiro atoms. The molecule has 7 nitrogen and oxygen atoms in total. The molecule has 1 aliphatic carbocycles. The summed E-state index contributed by atoms with van der Waals surface area (Å²) in [5, 5.41) is 14.5. The summed E-state index contributed by atoms with van der Waals surface area (Å²) in [4.78, 5) is 19.4. The minimum Gasteiger partial charge on any atom is -0.302 e. The number of carbonyl (C=O) groups excluding carboxylic acids is 1. The number of hydrogen-bond donors (Lipinski definition) is 1. The number of amides is 1. The van der Waals surface area contributed by atoms with Gasteiger partial charge in [0.15, 0.2) is 5.13 Å². The van der Waals surface area contributed by atoms with Crippen LogP contribution in [0.2, 0.25) is 0 Å². The van der Waals surface area contributed by atoms with Crippen molar-refractivity contribution in [3.8, 4) is 0 Å². The number of hydrogen-bond acceptors (Lipinski definition) is 6. The second-order valence-corrected chi connectivity index (χ2v) is 9.90. The normalized spacial score (nSPS) is 29.8. The maximum atomic E-state index is 12.7. The van der Waals surface area contributed by atoms with Crippen LogP contribution in [0.3, 0.4) is 0 Å². The average molecular weight is 415 g/mol. The van der Waals surface area contributed by atoms with Gasteiger partial charge in [0.1, 0.15) is 0 Å². The van der Waals surface area contributed by atoms with Gasteiger partial charge in [-0.3, -0.25) is 14.4 Å². The first-order chi connectivity index (χ1) is 14.2. The van der Waals surface area contributed by atoms with Crippen LogP contribution < -0.4 is 5.32 Å². The molecular formula is C21H30N6OS. The van der Waals surface area contributed by atoms with E-state index in [1.165, 1.54) is 43.4 Å². The van der Waals surface area contributed by atoms with Crippen LogP contribution in [0.25, 0.3) is 0 Å². The molecule has 1 unspecified atom stereocenters. The summed E-state index contributed by atoms with van der Waals surface area (Å²) < 4.78 is 2.04. The lowest BCUT2D eigenvalue weighted by atomic mass is 9.75. The fourth-order valence-electron chi connectivity index (χ4n) is 5.53. The van der Waals surface area contributed by atoms with Crippen molar-refractivity contribution in [2.24, 2.45) is 17.8 Å². The molecule has 2 aromatic rings. The third-order valence-corrected chi connectivity index (χ3v) is 7.77. The molecule has 2 bridgehead atoms. The Morgan fingerprint density at radius 2 is 2.14 bits per heavy atom. The zero-order valence-corrected chi connectivity index (χ0v) is 17.7. The van der Waals surface area contributed by atoms with Gasteiger partial charge in [-0.15, -0.1) is 16.4 Å². The van der Waals surface area contributed by atoms with Gasteiger partial charge < -0.3 is 5.32 Å². The molecule has 156 valence electrons. The number of anilines is 1. The summed E-state index contributed by atoms with van der Waals surface area (Å²) in [6.45, 7) is 2.81. The zero-order valence-electron chi connectivity index (χ0n) is 16.9. The van der Waals surface area contributed by atoms with Crippen LogP contribution in [0.5, 0.6) is 0 Å². The Labute approximate surface area is 175 Å². The molecule has 3 saturated heterocycles. The number of nitrogens with one attached hydrogen (secondary N) is 1. The number of aromatic nitrogens is 4. The lowest BCUT2D eigenvalue weighted by Crippen LogP contribution is -2.57. The van der Waals surface area contributed by atoms with Crippen molar-refractivity contribution in [1.82, 2.24) is 24.9 Å². The Morgan fingerprint density at radius 1 is 1.24 bits per heavy atom. The number of fused-ring (bicyclic) bond motifs is 3. The molecular weight excluding hydrogens is 384 g/mol. The average Bonchev–Trinajstić information content (AvgIpc) is 3.41. The van der Waals surface area contributed by atoms with Crippen molar-refractivity contribution in [1.29, 1.82) is 0 Å². The third kappa shape index (κ3) is 4.38. The van der Waals surface area contributed by atoms with Gasteiger partial charge in [0.25, 0.3) is 0 Å². The number of nitrogens with zero attached hydrogens (tertiary/aromatic N) is 5. The molecule has 29 heavy (non-hydrogen) atoms. The topological polar surface area (TPSA) is 75.9 Å². The molecule has 4 fully saturated rings. The Morgan fingerprint density at radius 3 is 2.90 bits per heavy atom. The lowest BCUT2D eigenvalue weighted by molar-refractivity contribution is -0.127. The number of carbonyl (C=O) groups is 1. The van der Waals surface area contributed by atoms with E-state index in [1.54, 1.807) is 6.20 Å². The van der Waals surface area contributed by atoms with Crippen LogP contribution in [0.15, 0.2) is 17.8 Å². The fourth-order valence-corrected chi connectivity index (χ4v) is 6.06. The molecule has 1 amide bonds. The maximum absolute atomic E-state index is 12.7. The van der Waals surface area contributed by atoms with E-state index in [2.05, 4.69) is 31.7 Å². The fraction of sp³-hybridized carbons (Fsp3) is 0.714. The highest BCUT2D eigenvalue weighted by atomic mass is 32.1. The predicted molar refractivity (Wildman–Crippen MR) is 113 cm³/mol. The summed E-state index contributed by atoms with van der Waals surface area (Å²) in [6, 6.07) is 0.460. The zero-order chi connectivity index (χ0) is 19.6. The molecule has 3 aliphatic heterocycles. The molecule has 4 aliphatic rings. The van der Waals surface area contributed by atoms with E-state index in [0.29, 0.717) is 17.1 Å². The van der Waals surface area contributed by atoms with Crippen molar-refractivity contribution in [2.75, 3.05) is 18.4 Å². The Kier molecular flexibility index (Phi) is 5.63. The van der Waals surface area contributed by atoms with Gasteiger partial charge in [-0.1, -0.05) is 37.3 Å². The van der Waals surface area contributed by atoms with E-state index in [0.717, 1.165) is 50.5 Å². The minimum atomic E-state index is 0.0708. The smallest absolute Gasteiger partial charge is 0.230 e. The molecule has 0 radical (unpaired) electrons. The predicted octanol–water partition coefficient (Wildman–Crippen LogP) is 3.21. The third-order valence-electron chi connectivity index (χ3n) is 7.08. The van der Waals surface area contributed by atoms with Crippen LogP contribution in [-0.2, 0) is 17.8 Å². The van der Waals surface area contributed by atoms with Crippen LogP contribution in [-0.4, -0.2) is 49.9 Å². The van der Waals surface area contributed by atoms with Gasteiger partial charge in [-0.05, 0) is 37.6 Å². The lowest BCUT2D eigenvalue weighted by Gasteiger charge is -2.49. The highest BCUT2D eigenvalue weighted by molar-refractivity contribution is 7.13. The first kappa shape index (κ1) is 19.2. The van der Waals surface area contributed by atoms with Crippen LogP contribution in [0.4, 0.5) is 5.13 Å². The van der Waals surface area contributed by atoms with Gasteiger partial charge in [-0.25, -0.2) is 4.98 Å². The van der Waals surface area contributed by atoms with Crippen molar-refractivity contribution < 1.29 is 4.79 Å². The van der Waals surface area contributed by atoms with Gasteiger partial charge in [0.05, 0.1) is 18.2 Å². The number of piperidine rings is 3. The summed E-state index contributed by atoms with van der Waals surface area (Å²) in [5.41, 5.74) is 1.15. The summed E-state index contributed by atoms with van der Waals surface area (Å²) in [7, 11) is 0. The van der Waals surface area contributed by atoms with Crippen molar-refractivity contribution in [2.45, 2.75) is 64.0 Å². The van der Waals surface area contributed by atoms with Crippen molar-refractivity contribution in [3.63, 3.8) is 0 Å². The van der Waals surface area contributed by atoms with Crippen molar-refractivity contribution >= 4 is 22.4 Å². The Hall–Kier alpha value is -1.80. The molecule has 1 saturated carbocycles. The number of thiazole rings is 1. The standard InChI is InChI=1S/C21H30N6OS/c28-20(23-21-22-7-9-29-21)19-14-26-8-6-16(19)11-18(26)13-27-12-17(24-25-27)10-15-4-2-1-3-5-15/h7,9,12,15-16,18-19H,1-6,8,10-11,13-14H2,(H,22,23,28)/t16-,18+,19+/m0/s1. The second kappa shape index (κ2) is 8.52. The van der Waals surface area contributed by atoms with E-state index >= 15 is 0 Å². The largest absolute Gasteiger partial charge is 0.302 e. The SMILES string of the molecule is O=C(Nc1nccs1)[C@@H]1CN2CC[C@H]1C[C@@H]2Cn1cc(CC2CCCCC2)nn1.